The number of fused-ring (bicyclic) bond motifs is 1. The van der Waals surface area contributed by atoms with E-state index in [2.05, 4.69) is 28.1 Å². The number of likely N-dealkylation sites (N-methyl/N-ethyl adjacent to an activating group) is 1. The summed E-state index contributed by atoms with van der Waals surface area (Å²) in [5, 5.41) is 21.5. The Hall–Kier alpha value is -0.930. The number of halogens is 1. The monoisotopic (exact) mass is 503 g/mol. The first kappa shape index (κ1) is 20.8. The molecule has 1 spiro atoms. The van der Waals surface area contributed by atoms with Crippen LogP contribution in [0, 0.1) is 5.92 Å². The number of rotatable bonds is 6. The van der Waals surface area contributed by atoms with Gasteiger partial charge in [0.05, 0.1) is 0 Å². The van der Waals surface area contributed by atoms with E-state index in [-0.39, 0.29) is 11.7 Å². The van der Waals surface area contributed by atoms with E-state index in [9.17, 15) is 15.0 Å². The normalized spacial score (nSPS) is 25.3. The Morgan fingerprint density at radius 3 is 2.70 bits per heavy atom. The van der Waals surface area contributed by atoms with E-state index in [4.69, 9.17) is 4.74 Å². The Morgan fingerprint density at radius 1 is 1.41 bits per heavy atom. The molecule has 27 heavy (non-hydrogen) atoms. The van der Waals surface area contributed by atoms with Crippen molar-refractivity contribution in [2.24, 2.45) is 5.92 Å². The molecule has 0 saturated carbocycles. The molecule has 7 heteroatoms. The molecule has 0 aliphatic carbocycles. The zero-order valence-electron chi connectivity index (χ0n) is 16.1. The fraction of sp³-hybridized carbons (Fsp3) is 0.550. The average molecular weight is 503 g/mol. The summed E-state index contributed by atoms with van der Waals surface area (Å²) in [6.45, 7) is 5.81. The lowest BCUT2D eigenvalue weighted by atomic mass is 9.93. The van der Waals surface area contributed by atoms with Crippen LogP contribution >= 0.6 is 30.1 Å². The summed E-state index contributed by atoms with van der Waals surface area (Å²) in [6, 6.07) is 3.31. The highest BCUT2D eigenvalue weighted by Gasteiger charge is 2.59. The van der Waals surface area contributed by atoms with Crippen molar-refractivity contribution < 1.29 is 19.7 Å². The maximum Gasteiger partial charge on any atom is 0.252 e. The Kier molecular flexibility index (Phi) is 6.03. The zero-order valence-corrected chi connectivity index (χ0v) is 19.1. The number of nitrogens with zero attached hydrogens (tertiary/aromatic N) is 1. The molecule has 2 aliphatic rings. The Morgan fingerprint density at radius 2 is 2.11 bits per heavy atom. The van der Waals surface area contributed by atoms with Crippen LogP contribution in [0.25, 0.3) is 0 Å². The summed E-state index contributed by atoms with van der Waals surface area (Å²) in [7, 11) is 3.47. The third-order valence-corrected chi connectivity index (χ3v) is 7.66. The number of aliphatic hydroxyl groups excluding tert-OH is 1. The van der Waals surface area contributed by atoms with E-state index in [1.165, 1.54) is 4.90 Å². The number of carbonyl (C=O) groups excluding carboxylic acids is 1. The van der Waals surface area contributed by atoms with E-state index in [0.29, 0.717) is 29.2 Å². The standard InChI is InChI=1S/C20H26INO4S/c1-11(10-27-21)6-5-7-14-16(23)9-8-15-17(14)26-20(18(15)24)13(3)12(2)19(25)22(20)4/h8-9,11,18,23-24H,5-7,10H2,1-4H3/t11-,18-,20+/m1/s1. The summed E-state index contributed by atoms with van der Waals surface area (Å²) in [5.74, 6) is 2.27. The maximum absolute atomic E-state index is 12.5. The summed E-state index contributed by atoms with van der Waals surface area (Å²) in [4.78, 5) is 13.9. The highest BCUT2D eigenvalue weighted by atomic mass is 127. The van der Waals surface area contributed by atoms with Gasteiger partial charge in [-0.15, -0.1) is 0 Å². The van der Waals surface area contributed by atoms with Gasteiger partial charge in [0.15, 0.2) is 0 Å². The van der Waals surface area contributed by atoms with Crippen LogP contribution in [0.2, 0.25) is 0 Å². The molecule has 2 heterocycles. The minimum Gasteiger partial charge on any atom is -0.508 e. The van der Waals surface area contributed by atoms with Crippen molar-refractivity contribution in [1.29, 1.82) is 0 Å². The number of hydrogen-bond donors (Lipinski definition) is 2. The second-order valence-electron chi connectivity index (χ2n) is 7.57. The molecule has 0 fully saturated rings. The number of phenols is 1. The number of ether oxygens (including phenoxy) is 1. The van der Waals surface area contributed by atoms with Gasteiger partial charge in [-0.25, -0.2) is 0 Å². The lowest BCUT2D eigenvalue weighted by Gasteiger charge is -2.36. The van der Waals surface area contributed by atoms with Gasteiger partial charge in [0.2, 0.25) is 5.72 Å². The number of hydrogen-bond acceptors (Lipinski definition) is 5. The number of benzene rings is 1. The van der Waals surface area contributed by atoms with Crippen LogP contribution in [0.5, 0.6) is 11.5 Å². The minimum absolute atomic E-state index is 0.143. The van der Waals surface area contributed by atoms with Crippen LogP contribution in [0.4, 0.5) is 0 Å². The quantitative estimate of drug-likeness (QED) is 0.565. The highest BCUT2D eigenvalue weighted by molar-refractivity contribution is 14.2. The predicted octanol–water partition coefficient (Wildman–Crippen LogP) is 4.36. The minimum atomic E-state index is -1.21. The van der Waals surface area contributed by atoms with Gasteiger partial charge in [-0.2, -0.15) is 0 Å². The Balaban J connectivity index is 1.91. The molecule has 3 atom stereocenters. The molecule has 148 valence electrons. The maximum atomic E-state index is 12.5. The van der Waals surface area contributed by atoms with E-state index < -0.39 is 11.8 Å². The van der Waals surface area contributed by atoms with Crippen molar-refractivity contribution in [2.75, 3.05) is 12.8 Å². The molecule has 2 aliphatic heterocycles. The van der Waals surface area contributed by atoms with Crippen LogP contribution in [0.3, 0.4) is 0 Å². The number of aliphatic hydroxyl groups is 1. The third kappa shape index (κ3) is 3.25. The van der Waals surface area contributed by atoms with E-state index in [1.807, 2.05) is 15.9 Å². The molecule has 1 aromatic carbocycles. The summed E-state index contributed by atoms with van der Waals surface area (Å²) < 4.78 is 6.28. The number of phenolic OH excluding ortho intramolecular Hbond substituents is 1. The highest BCUT2D eigenvalue weighted by Crippen LogP contribution is 2.54. The fourth-order valence-corrected chi connectivity index (χ4v) is 6.29. The van der Waals surface area contributed by atoms with Gasteiger partial charge in [0, 0.05) is 35.1 Å². The smallest absolute Gasteiger partial charge is 0.252 e. The average Bonchev–Trinajstić information content (AvgIpc) is 3.02. The second kappa shape index (κ2) is 7.83. The number of aromatic hydroxyl groups is 1. The molecular weight excluding hydrogens is 477 g/mol. The van der Waals surface area contributed by atoms with Crippen molar-refractivity contribution in [2.45, 2.75) is 51.9 Å². The van der Waals surface area contributed by atoms with Gasteiger partial charge in [-0.1, -0.05) is 15.9 Å². The van der Waals surface area contributed by atoms with Gasteiger partial charge in [0.1, 0.15) is 17.6 Å². The molecule has 1 amide bonds. The predicted molar refractivity (Wildman–Crippen MR) is 116 cm³/mol. The summed E-state index contributed by atoms with van der Waals surface area (Å²) in [5.41, 5.74) is 1.46. The number of carbonyl (C=O) groups is 1. The lowest BCUT2D eigenvalue weighted by Crippen LogP contribution is -2.52. The first-order chi connectivity index (χ1) is 12.8. The van der Waals surface area contributed by atoms with Crippen molar-refractivity contribution in [3.05, 3.63) is 34.4 Å². The molecule has 3 rings (SSSR count). The number of amides is 1. The van der Waals surface area contributed by atoms with Crippen LogP contribution in [-0.4, -0.2) is 39.5 Å². The van der Waals surface area contributed by atoms with Gasteiger partial charge in [-0.3, -0.25) is 9.69 Å². The Bertz CT molecular complexity index is 796. The van der Waals surface area contributed by atoms with Crippen molar-refractivity contribution >= 4 is 36.0 Å². The van der Waals surface area contributed by atoms with Crippen LogP contribution in [0.1, 0.15) is 50.8 Å². The molecule has 2 N–H and O–H groups in total. The first-order valence-corrected chi connectivity index (χ1v) is 12.7. The van der Waals surface area contributed by atoms with Crippen molar-refractivity contribution in [3.8, 4) is 11.5 Å². The topological polar surface area (TPSA) is 70.0 Å². The molecule has 0 aromatic heterocycles. The second-order valence-corrected chi connectivity index (χ2v) is 9.99. The molecular formula is C20H26INO4S. The van der Waals surface area contributed by atoms with E-state index in [1.54, 1.807) is 26.1 Å². The van der Waals surface area contributed by atoms with Crippen molar-refractivity contribution in [1.82, 2.24) is 4.90 Å². The first-order valence-electron chi connectivity index (χ1n) is 9.17. The zero-order chi connectivity index (χ0) is 19.9. The van der Waals surface area contributed by atoms with Gasteiger partial charge < -0.3 is 14.9 Å². The Labute approximate surface area is 176 Å². The fourth-order valence-electron chi connectivity index (χ4n) is 4.07. The lowest BCUT2D eigenvalue weighted by molar-refractivity contribution is -0.146. The van der Waals surface area contributed by atoms with E-state index >= 15 is 0 Å². The summed E-state index contributed by atoms with van der Waals surface area (Å²) >= 11 is 2.31. The van der Waals surface area contributed by atoms with Crippen LogP contribution in [-0.2, 0) is 11.2 Å². The summed E-state index contributed by atoms with van der Waals surface area (Å²) in [6.07, 6.45) is 1.68. The molecule has 0 bridgehead atoms. The third-order valence-electron chi connectivity index (χ3n) is 5.88. The molecule has 1 aromatic rings. The molecule has 0 saturated heterocycles. The molecule has 5 nitrogen and oxygen atoms in total. The molecule has 0 unspecified atom stereocenters. The largest absolute Gasteiger partial charge is 0.508 e. The van der Waals surface area contributed by atoms with Gasteiger partial charge in [0.25, 0.3) is 5.91 Å². The van der Waals surface area contributed by atoms with Gasteiger partial charge in [-0.05, 0) is 72.4 Å². The van der Waals surface area contributed by atoms with Crippen molar-refractivity contribution in [3.63, 3.8) is 0 Å². The van der Waals surface area contributed by atoms with E-state index in [0.717, 1.165) is 29.7 Å². The van der Waals surface area contributed by atoms with Crippen LogP contribution < -0.4 is 4.74 Å². The van der Waals surface area contributed by atoms with Crippen LogP contribution in [0.15, 0.2) is 23.3 Å². The molecule has 0 radical (unpaired) electrons. The SMILES string of the molecule is CC1=C(C)[C@@]2(Oc3c(ccc(O)c3CCC[C@@H](C)CSI)[C@H]2O)N(C)C1=O. The van der Waals surface area contributed by atoms with Gasteiger partial charge >= 0.3 is 0 Å².